The number of carbonyl (C=O) groups excluding carboxylic acids is 1. The molecule has 3 aromatic rings. The topological polar surface area (TPSA) is 236 Å². The minimum atomic E-state index is -1.39. The number of thioether (sulfide) groups is 1. The molecule has 1 aromatic carbocycles. The highest BCUT2D eigenvalue weighted by molar-refractivity contribution is 7.99. The molecule has 1 aliphatic heterocycles. The Labute approximate surface area is 225 Å². The molecule has 4 rings (SSSR count). The van der Waals surface area contributed by atoms with Crippen molar-refractivity contribution in [3.8, 4) is 5.75 Å². The summed E-state index contributed by atoms with van der Waals surface area (Å²) in [5, 5.41) is 59.1. The lowest BCUT2D eigenvalue weighted by Crippen LogP contribution is -2.33. The molecule has 3 heterocycles. The van der Waals surface area contributed by atoms with Crippen LogP contribution in [0.1, 0.15) is 16.6 Å². The van der Waals surface area contributed by atoms with Gasteiger partial charge in [-0.15, -0.1) is 0 Å². The number of esters is 1. The van der Waals surface area contributed by atoms with E-state index in [1.54, 1.807) is 0 Å². The Hall–Kier alpha value is -3.09. The van der Waals surface area contributed by atoms with E-state index in [1.807, 2.05) is 0 Å². The molecule has 2 aromatic heterocycles. The molecule has 0 aliphatic carbocycles. The van der Waals surface area contributed by atoms with E-state index in [4.69, 9.17) is 25.1 Å². The predicted molar refractivity (Wildman–Crippen MR) is 135 cm³/mol. The van der Waals surface area contributed by atoms with Crippen LogP contribution in [-0.4, -0.2) is 119 Å². The van der Waals surface area contributed by atoms with Gasteiger partial charge in [-0.2, -0.15) is 0 Å². The zero-order chi connectivity index (χ0) is 28.1. The third kappa shape index (κ3) is 6.56. The molecule has 39 heavy (non-hydrogen) atoms. The number of rotatable bonds is 12. The monoisotopic (exact) mass is 567 g/mol. The van der Waals surface area contributed by atoms with Gasteiger partial charge in [-0.05, 0) is 24.3 Å². The van der Waals surface area contributed by atoms with Crippen LogP contribution in [0.25, 0.3) is 11.2 Å². The number of carbonyl (C=O) groups is 1. The van der Waals surface area contributed by atoms with Gasteiger partial charge in [0.05, 0.1) is 24.9 Å². The van der Waals surface area contributed by atoms with Crippen LogP contribution in [-0.2, 0) is 9.47 Å². The summed E-state index contributed by atoms with van der Waals surface area (Å²) in [6, 6.07) is 5.95. The van der Waals surface area contributed by atoms with E-state index in [1.165, 1.54) is 35.2 Å². The van der Waals surface area contributed by atoms with Crippen molar-refractivity contribution in [2.45, 2.75) is 41.9 Å². The maximum Gasteiger partial charge on any atom is 0.338 e. The van der Waals surface area contributed by atoms with Crippen molar-refractivity contribution in [2.75, 3.05) is 37.9 Å². The number of ether oxygens (including phenoxy) is 3. The summed E-state index contributed by atoms with van der Waals surface area (Å²) in [6.07, 6.45) is -5.77. The lowest BCUT2D eigenvalue weighted by atomic mass is 10.1. The van der Waals surface area contributed by atoms with Gasteiger partial charge in [0, 0.05) is 5.75 Å². The third-order valence-corrected chi connectivity index (χ3v) is 6.90. The van der Waals surface area contributed by atoms with E-state index < -0.39 is 55.9 Å². The Morgan fingerprint density at radius 2 is 1.85 bits per heavy atom. The lowest BCUT2D eigenvalue weighted by Gasteiger charge is -2.19. The largest absolute Gasteiger partial charge is 0.491 e. The molecular weight excluding hydrogens is 538 g/mol. The standard InChI is InChI=1S/C23H29N5O10S/c24-19-16-20(26-10-25-19)28(21-18(34)17(33)15(6-30)38-21)23(27-16)39-9-13(32)8-36-14-3-1-11(2-4-14)22(35)37-7-12(31)5-29/h1-4,10,12-13,15,17-18,21,29-34H,5-9H2,(H2,24,25,26)/t12?,13-,15-,17-,18-,21-/m1/s1. The number of fused-ring (bicyclic) bond motifs is 1. The van der Waals surface area contributed by atoms with Crippen molar-refractivity contribution < 1.29 is 49.6 Å². The van der Waals surface area contributed by atoms with Crippen molar-refractivity contribution in [3.63, 3.8) is 0 Å². The Balaban J connectivity index is 1.38. The molecule has 212 valence electrons. The highest BCUT2D eigenvalue weighted by Crippen LogP contribution is 2.36. The molecule has 0 amide bonds. The summed E-state index contributed by atoms with van der Waals surface area (Å²) in [4.78, 5) is 24.5. The fraction of sp³-hybridized carbons (Fsp3) is 0.478. The number of anilines is 1. The molecule has 0 bridgehead atoms. The SMILES string of the molecule is Nc1ncnc2c1nc(SC[C@H](O)COc1ccc(C(=O)OCC(O)CO)cc1)n2[C@@H]1O[C@H](CO)[C@@H](O)[C@H]1O. The minimum absolute atomic E-state index is 0.0909. The van der Waals surface area contributed by atoms with Gasteiger partial charge in [-0.1, -0.05) is 11.8 Å². The Morgan fingerprint density at radius 1 is 1.10 bits per heavy atom. The first kappa shape index (κ1) is 28.9. The van der Waals surface area contributed by atoms with Gasteiger partial charge in [0.15, 0.2) is 28.4 Å². The number of nitrogens with two attached hydrogens (primary N) is 1. The fourth-order valence-corrected chi connectivity index (χ4v) is 4.66. The molecule has 1 unspecified atom stereocenters. The second kappa shape index (κ2) is 12.8. The molecule has 1 saturated heterocycles. The third-order valence-electron chi connectivity index (χ3n) is 5.80. The fourth-order valence-electron chi connectivity index (χ4n) is 3.74. The van der Waals surface area contributed by atoms with E-state index in [0.717, 1.165) is 11.8 Å². The summed E-state index contributed by atoms with van der Waals surface area (Å²) in [6.45, 7) is -1.47. The Morgan fingerprint density at radius 3 is 2.51 bits per heavy atom. The molecule has 8 N–H and O–H groups in total. The number of aliphatic hydroxyl groups is 6. The lowest BCUT2D eigenvalue weighted by molar-refractivity contribution is -0.0548. The molecule has 0 radical (unpaired) electrons. The van der Waals surface area contributed by atoms with Crippen LogP contribution in [0.15, 0.2) is 35.7 Å². The van der Waals surface area contributed by atoms with Gasteiger partial charge in [-0.3, -0.25) is 4.57 Å². The van der Waals surface area contributed by atoms with E-state index in [9.17, 15) is 30.3 Å². The average Bonchev–Trinajstić information content (AvgIpc) is 3.46. The van der Waals surface area contributed by atoms with Crippen LogP contribution in [0, 0.1) is 0 Å². The predicted octanol–water partition coefficient (Wildman–Crippen LogP) is -1.94. The summed E-state index contributed by atoms with van der Waals surface area (Å²) in [5.41, 5.74) is 6.64. The van der Waals surface area contributed by atoms with E-state index in [0.29, 0.717) is 5.75 Å². The molecule has 1 aliphatic rings. The quantitative estimate of drug-likeness (QED) is 0.0931. The van der Waals surface area contributed by atoms with Gasteiger partial charge in [0.2, 0.25) is 0 Å². The van der Waals surface area contributed by atoms with Crippen molar-refractivity contribution in [3.05, 3.63) is 36.2 Å². The van der Waals surface area contributed by atoms with Crippen LogP contribution in [0.2, 0.25) is 0 Å². The van der Waals surface area contributed by atoms with Crippen LogP contribution < -0.4 is 10.5 Å². The number of hydrogen-bond acceptors (Lipinski definition) is 15. The van der Waals surface area contributed by atoms with Gasteiger partial charge in [0.25, 0.3) is 0 Å². The average molecular weight is 568 g/mol. The summed E-state index contributed by atoms with van der Waals surface area (Å²) < 4.78 is 17.6. The first-order valence-electron chi connectivity index (χ1n) is 11.8. The van der Waals surface area contributed by atoms with Crippen molar-refractivity contribution >= 4 is 34.7 Å². The molecule has 15 nitrogen and oxygen atoms in total. The van der Waals surface area contributed by atoms with Crippen molar-refractivity contribution in [2.24, 2.45) is 0 Å². The first-order valence-corrected chi connectivity index (χ1v) is 12.8. The molecule has 0 spiro atoms. The van der Waals surface area contributed by atoms with E-state index in [2.05, 4.69) is 15.0 Å². The molecular formula is C23H29N5O10S. The first-order chi connectivity index (χ1) is 18.7. The van der Waals surface area contributed by atoms with Gasteiger partial charge in [-0.25, -0.2) is 19.7 Å². The summed E-state index contributed by atoms with van der Waals surface area (Å²) >= 11 is 1.10. The zero-order valence-corrected chi connectivity index (χ0v) is 21.3. The normalized spacial score (nSPS) is 22.6. The number of aromatic nitrogens is 4. The Kier molecular flexibility index (Phi) is 9.52. The molecule has 16 heteroatoms. The number of hydrogen-bond donors (Lipinski definition) is 7. The van der Waals surface area contributed by atoms with Crippen LogP contribution in [0.5, 0.6) is 5.75 Å². The van der Waals surface area contributed by atoms with Crippen molar-refractivity contribution in [1.29, 1.82) is 0 Å². The smallest absolute Gasteiger partial charge is 0.338 e. The number of imidazole rings is 1. The van der Waals surface area contributed by atoms with Gasteiger partial charge in [0.1, 0.15) is 49.7 Å². The number of benzene rings is 1. The number of nitrogens with zero attached hydrogens (tertiary/aromatic N) is 4. The van der Waals surface area contributed by atoms with E-state index in [-0.39, 0.29) is 46.7 Å². The number of nitrogen functional groups attached to an aromatic ring is 1. The van der Waals surface area contributed by atoms with Crippen LogP contribution >= 0.6 is 11.8 Å². The summed E-state index contributed by atoms with van der Waals surface area (Å²) in [5.74, 6) is -0.0999. The van der Waals surface area contributed by atoms with Gasteiger partial charge >= 0.3 is 5.97 Å². The zero-order valence-electron chi connectivity index (χ0n) is 20.5. The van der Waals surface area contributed by atoms with Crippen LogP contribution in [0.3, 0.4) is 0 Å². The minimum Gasteiger partial charge on any atom is -0.491 e. The second-order valence-corrected chi connectivity index (χ2v) is 9.65. The highest BCUT2D eigenvalue weighted by Gasteiger charge is 2.45. The van der Waals surface area contributed by atoms with E-state index >= 15 is 0 Å². The highest BCUT2D eigenvalue weighted by atomic mass is 32.2. The second-order valence-electron chi connectivity index (χ2n) is 8.66. The Bertz CT molecular complexity index is 1260. The van der Waals surface area contributed by atoms with Gasteiger partial charge < -0.3 is 50.6 Å². The number of aliphatic hydroxyl groups excluding tert-OH is 6. The molecule has 6 atom stereocenters. The summed E-state index contributed by atoms with van der Waals surface area (Å²) in [7, 11) is 0. The molecule has 1 fully saturated rings. The molecule has 0 saturated carbocycles. The van der Waals surface area contributed by atoms with Crippen LogP contribution in [0.4, 0.5) is 5.82 Å². The maximum atomic E-state index is 12.0. The van der Waals surface area contributed by atoms with Crippen molar-refractivity contribution in [1.82, 2.24) is 19.5 Å². The maximum absolute atomic E-state index is 12.0.